The van der Waals surface area contributed by atoms with Crippen LogP contribution in [0, 0.1) is 5.92 Å². The third kappa shape index (κ3) is 12.1. The Labute approximate surface area is 451 Å². The summed E-state index contributed by atoms with van der Waals surface area (Å²) < 4.78 is 98.9. The molecule has 3 aliphatic rings. The number of fused-ring (bicyclic) bond motifs is 3. The number of anilines is 3. The highest BCUT2D eigenvalue weighted by atomic mass is 32.5. The highest BCUT2D eigenvalue weighted by molar-refractivity contribution is 8.08. The fraction of sp³-hybridized carbons (Fsp3) is 0.556. The minimum absolute atomic E-state index is 0.00808. The number of aromatic amines is 2. The zero-order valence-electron chi connectivity index (χ0n) is 41.6. The number of phosphoric ester groups is 2. The molecule has 9 heterocycles. The molecule has 0 aromatic carbocycles. The van der Waals surface area contributed by atoms with Crippen LogP contribution in [0.1, 0.15) is 25.1 Å². The zero-order chi connectivity index (χ0) is 58.1. The van der Waals surface area contributed by atoms with Gasteiger partial charge in [-0.3, -0.25) is 51.6 Å². The first kappa shape index (κ1) is 59.4. The summed E-state index contributed by atoms with van der Waals surface area (Å²) in [4.78, 5) is 112. The average Bonchev–Trinajstić information content (AvgIpc) is 4.23. The van der Waals surface area contributed by atoms with Gasteiger partial charge in [-0.2, -0.15) is 9.29 Å². The van der Waals surface area contributed by atoms with Gasteiger partial charge < -0.3 is 80.5 Å². The van der Waals surface area contributed by atoms with E-state index in [0.29, 0.717) is 0 Å². The van der Waals surface area contributed by atoms with E-state index in [1.54, 1.807) is 0 Å². The average molecular weight is 1230 g/mol. The van der Waals surface area contributed by atoms with Gasteiger partial charge in [-0.1, -0.05) is 4.98 Å². The number of aliphatic hydroxyl groups excluding tert-OH is 3. The largest absolute Gasteiger partial charge is 0.488 e. The number of hydrogen-bond donors (Lipinski definition) is 12. The number of nitrogens with one attached hydrogen (secondary N) is 2. The van der Waals surface area contributed by atoms with Crippen LogP contribution in [0.15, 0.2) is 34.9 Å². The summed E-state index contributed by atoms with van der Waals surface area (Å²) in [5.74, 6) is -2.40. The number of nitrogens with zero attached hydrogens (tertiary/aromatic N) is 11. The lowest BCUT2D eigenvalue weighted by molar-refractivity contribution is -0.745. The van der Waals surface area contributed by atoms with Crippen LogP contribution in [0.5, 0.6) is 0 Å². The van der Waals surface area contributed by atoms with Crippen molar-refractivity contribution in [2.24, 2.45) is 13.0 Å². The van der Waals surface area contributed by atoms with E-state index >= 15 is 0 Å². The predicted octanol–water partition coefficient (Wildman–Crippen LogP) is -3.86. The summed E-state index contributed by atoms with van der Waals surface area (Å²) in [5, 5.41) is 33.3. The van der Waals surface area contributed by atoms with Crippen molar-refractivity contribution in [1.29, 1.82) is 0 Å². The third-order valence-corrected chi connectivity index (χ3v) is 18.8. The van der Waals surface area contributed by atoms with Crippen molar-refractivity contribution >= 4 is 99.1 Å². The van der Waals surface area contributed by atoms with E-state index in [1.165, 1.54) is 52.4 Å². The normalized spacial score (nSPS) is 29.2. The molecule has 0 radical (unpaired) electrons. The molecule has 15 N–H and O–H groups in total. The molecular weight excluding hydrogens is 1180 g/mol. The first-order valence-corrected chi connectivity index (χ1v) is 30.1. The maximum Gasteiger partial charge on any atom is 0.488 e. The maximum absolute atomic E-state index is 13.8. The van der Waals surface area contributed by atoms with Gasteiger partial charge in [0.25, 0.3) is 17.1 Å². The summed E-state index contributed by atoms with van der Waals surface area (Å²) in [7, 11) is -11.8. The summed E-state index contributed by atoms with van der Waals surface area (Å²) in [6.07, 6.45) is -13.3. The lowest BCUT2D eigenvalue weighted by Crippen LogP contribution is -2.45. The molecule has 39 nitrogen and oxygen atoms in total. The molecule has 16 atom stereocenters. The number of aromatic nitrogens is 12. The molecule has 6 aromatic heterocycles. The highest BCUT2D eigenvalue weighted by Gasteiger charge is 2.54. The van der Waals surface area contributed by atoms with Crippen LogP contribution in [0.3, 0.4) is 0 Å². The molecule has 1 amide bonds. The Morgan fingerprint density at radius 1 is 0.762 bits per heavy atom. The van der Waals surface area contributed by atoms with Crippen molar-refractivity contribution in [3.63, 3.8) is 0 Å². The molecule has 3 aliphatic heterocycles. The molecule has 3 fully saturated rings. The lowest BCUT2D eigenvalue weighted by Gasteiger charge is -2.26. The number of nitrogen functional groups attached to an aromatic ring is 3. The quantitative estimate of drug-likeness (QED) is 0.0242. The van der Waals surface area contributed by atoms with E-state index in [0.717, 1.165) is 24.3 Å². The number of hydrogen-bond acceptors (Lipinski definition) is 29. The Kier molecular flexibility index (Phi) is 16.7. The number of carbonyl (C=O) groups excluding carboxylic acids is 1. The number of H-pyrrole nitrogens is 2. The SMILES string of the molecule is CO[C@@H]1[C@H](OP(=O)(O)OC[C@H]2O[C@@H](n3cnc4c(=O)[nH]c(N)nc43)[C@H](O)[C@@H]2O)[C@@H](COP(O)(=S)OP(=O)(O)OP(=O)(O)OC[C@H]2OC([n+]3cn(C)c4c(=O)[nH]c(N)nc43)[C@H](O)[C@@H]2CC(=O)N(C)C)O[C@H]1n1cnc2c(N)ncnc21. The smallest absolute Gasteiger partial charge is 0.387 e. The van der Waals surface area contributed by atoms with E-state index < -0.39 is 147 Å². The first-order valence-electron chi connectivity index (χ1n) is 23.0. The molecule has 0 saturated carbocycles. The van der Waals surface area contributed by atoms with E-state index in [2.05, 4.69) is 48.5 Å². The van der Waals surface area contributed by atoms with Gasteiger partial charge in [-0.25, -0.2) is 42.5 Å². The molecule has 44 heteroatoms. The predicted molar refractivity (Wildman–Crippen MR) is 266 cm³/mol. The van der Waals surface area contributed by atoms with Crippen LogP contribution >= 0.6 is 30.2 Å². The second-order valence-electron chi connectivity index (χ2n) is 18.1. The van der Waals surface area contributed by atoms with Crippen molar-refractivity contribution in [3.8, 4) is 0 Å². The molecule has 5 unspecified atom stereocenters. The maximum atomic E-state index is 13.8. The lowest BCUT2D eigenvalue weighted by atomic mass is 9.94. The molecule has 0 aliphatic carbocycles. The Hall–Kier alpha value is -5.22. The Bertz CT molecular complexity index is 3660. The van der Waals surface area contributed by atoms with Gasteiger partial charge in [0.15, 0.2) is 41.4 Å². The molecule has 0 spiro atoms. The first-order chi connectivity index (χ1) is 37.5. The van der Waals surface area contributed by atoms with Crippen LogP contribution in [0.4, 0.5) is 17.7 Å². The number of rotatable bonds is 21. The van der Waals surface area contributed by atoms with Gasteiger partial charge in [0.1, 0.15) is 54.6 Å². The number of carbonyl (C=O) groups is 1. The molecular formula is C36H51N16O23P4S+. The van der Waals surface area contributed by atoms with Crippen molar-refractivity contribution in [2.45, 2.75) is 73.9 Å². The van der Waals surface area contributed by atoms with Crippen LogP contribution in [0.2, 0.25) is 0 Å². The van der Waals surface area contributed by atoms with Crippen LogP contribution in [-0.4, -0.2) is 189 Å². The topological polar surface area (TPSA) is 545 Å². The molecule has 9 rings (SSSR count). The van der Waals surface area contributed by atoms with E-state index in [-0.39, 0.29) is 51.2 Å². The van der Waals surface area contributed by atoms with E-state index in [1.807, 2.05) is 0 Å². The minimum Gasteiger partial charge on any atom is -0.387 e. The molecule has 0 bridgehead atoms. The number of nitrogens with two attached hydrogens (primary N) is 3. The zero-order valence-corrected chi connectivity index (χ0v) is 46.0. The fourth-order valence-corrected chi connectivity index (χ4v) is 14.4. The van der Waals surface area contributed by atoms with Crippen LogP contribution in [-0.2, 0) is 83.0 Å². The number of methoxy groups -OCH3 is 1. The Balaban J connectivity index is 0.879. The molecule has 6 aromatic rings. The van der Waals surface area contributed by atoms with Crippen LogP contribution in [0.25, 0.3) is 33.5 Å². The number of aryl methyl sites for hydroxylation is 1. The van der Waals surface area contributed by atoms with Crippen molar-refractivity contribution in [1.82, 2.24) is 58.5 Å². The summed E-state index contributed by atoms with van der Waals surface area (Å²) in [6.45, 7) is -8.19. The Morgan fingerprint density at radius 3 is 2.09 bits per heavy atom. The second kappa shape index (κ2) is 22.5. The Morgan fingerprint density at radius 2 is 1.39 bits per heavy atom. The minimum atomic E-state index is -6.03. The van der Waals surface area contributed by atoms with Crippen LogP contribution < -0.4 is 32.9 Å². The number of aliphatic hydroxyl groups is 3. The van der Waals surface area contributed by atoms with Gasteiger partial charge in [-0.05, 0) is 11.8 Å². The van der Waals surface area contributed by atoms with Gasteiger partial charge in [0, 0.05) is 33.5 Å². The van der Waals surface area contributed by atoms with E-state index in [4.69, 9.17) is 66.1 Å². The van der Waals surface area contributed by atoms with Crippen molar-refractivity contribution in [3.05, 3.63) is 46.0 Å². The van der Waals surface area contributed by atoms with Crippen molar-refractivity contribution in [2.75, 3.05) is 58.2 Å². The van der Waals surface area contributed by atoms with Gasteiger partial charge in [-0.15, -0.1) is 0 Å². The number of ether oxygens (including phenoxy) is 4. The summed E-state index contributed by atoms with van der Waals surface area (Å²) in [6, 6.07) is 0. The standard InChI is InChI=1S/C36H50N16O23P4S/c1-48(2)17(53)5-13-14(70-32(21(13)54)52-12-49(3)20-29(52)45-36(39)47-31(20)58)6-68-77(61,62)74-78(63,64)75-79(65,80)69-8-16-24(25(66-4)34(72-16)50-10-42-18-26(37)40-9-41-27(18)50)73-76(59,60)67-7-15-22(55)23(56)33(71-15)51-11-43-19-28(51)44-35(38)46-30(19)57/h9-16,21-25,32-34,54-56H,5-8H2,1-4H3,(H11-,37,38,39,40,41,44,45,46,47,57,58,59,60,61,62,63,64,65,80)/p+1/t13-,14-,15-,16-,21-,22-,23-,24-,25-,32?,33-,34-,79?/m1/s1. The summed E-state index contributed by atoms with van der Waals surface area (Å²) >= 11 is 4.94. The van der Waals surface area contributed by atoms with Gasteiger partial charge >= 0.3 is 35.8 Å². The molecule has 80 heavy (non-hydrogen) atoms. The number of imidazole rings is 3. The molecule has 438 valence electrons. The van der Waals surface area contributed by atoms with Crippen molar-refractivity contribution < 1.29 is 104 Å². The third-order valence-electron chi connectivity index (χ3n) is 12.6. The fourth-order valence-electron chi connectivity index (χ4n) is 9.01. The van der Waals surface area contributed by atoms with Gasteiger partial charge in [0.05, 0.1) is 45.6 Å². The second-order valence-corrected chi connectivity index (χ2v) is 25.6. The number of amides is 1. The van der Waals surface area contributed by atoms with E-state index in [9.17, 15) is 63.0 Å². The monoisotopic (exact) mass is 1230 g/mol. The highest BCUT2D eigenvalue weighted by Crippen LogP contribution is 2.68. The molecule has 3 saturated heterocycles. The summed E-state index contributed by atoms with van der Waals surface area (Å²) in [5.41, 5.74) is 15.8. The number of phosphoric acid groups is 3. The van der Waals surface area contributed by atoms with Gasteiger partial charge in [0.2, 0.25) is 23.6 Å².